The standard InChI is InChI=1S/C39H62O14/c1-18-6-11-39(49-16-18)24(17-48-35-33(46)31(44)29(42)26(14-40)51-35)28-25(53-39)13-23-21-5-4-19-12-20(7-9-37(19,2)22(21)8-10-38(23,28)3)50-36-34(47)32(45)30(43)27(15-41)52-36/h4,18,20-36,40-47H,5-17H2,1-3H3/t18-,20+,21-,22+,23+,24+,25+,26-,27-,28+,29+,30-,31+,32+,33-,34-,35-,36-,37+,38+,39-/m1/s1. The van der Waals surface area contributed by atoms with Crippen LogP contribution in [0.15, 0.2) is 11.6 Å². The van der Waals surface area contributed by atoms with E-state index in [0.29, 0.717) is 36.7 Å². The third kappa shape index (κ3) is 6.30. The van der Waals surface area contributed by atoms with Crippen molar-refractivity contribution in [2.75, 3.05) is 26.4 Å². The van der Waals surface area contributed by atoms with Crippen LogP contribution in [0.1, 0.15) is 78.6 Å². The average Bonchev–Trinajstić information content (AvgIpc) is 3.61. The summed E-state index contributed by atoms with van der Waals surface area (Å²) in [7, 11) is 0. The molecule has 0 radical (unpaired) electrons. The van der Waals surface area contributed by atoms with Crippen LogP contribution in [0.4, 0.5) is 0 Å². The average molecular weight is 755 g/mol. The Balaban J connectivity index is 0.990. The van der Waals surface area contributed by atoms with Gasteiger partial charge in [0.15, 0.2) is 18.4 Å². The van der Waals surface area contributed by atoms with Crippen LogP contribution >= 0.6 is 0 Å². The van der Waals surface area contributed by atoms with Gasteiger partial charge in [-0.25, -0.2) is 0 Å². The van der Waals surface area contributed by atoms with Crippen molar-refractivity contribution in [2.45, 2.75) is 158 Å². The van der Waals surface area contributed by atoms with Gasteiger partial charge in [0.1, 0.15) is 48.8 Å². The van der Waals surface area contributed by atoms with Crippen LogP contribution in [-0.2, 0) is 28.4 Å². The highest BCUT2D eigenvalue weighted by Crippen LogP contribution is 2.71. The Morgan fingerprint density at radius 2 is 1.47 bits per heavy atom. The van der Waals surface area contributed by atoms with E-state index in [9.17, 15) is 40.9 Å². The van der Waals surface area contributed by atoms with Gasteiger partial charge < -0.3 is 69.3 Å². The molecule has 14 nitrogen and oxygen atoms in total. The fraction of sp³-hybridized carbons (Fsp3) is 0.949. The molecule has 21 atom stereocenters. The molecule has 8 aliphatic rings. The van der Waals surface area contributed by atoms with E-state index in [1.165, 1.54) is 5.57 Å². The van der Waals surface area contributed by atoms with Gasteiger partial charge in [0.25, 0.3) is 0 Å². The molecule has 7 fully saturated rings. The van der Waals surface area contributed by atoms with E-state index in [4.69, 9.17) is 28.4 Å². The van der Waals surface area contributed by atoms with Crippen molar-refractivity contribution >= 4 is 0 Å². The van der Waals surface area contributed by atoms with Crippen LogP contribution in [-0.4, -0.2) is 147 Å². The molecule has 302 valence electrons. The van der Waals surface area contributed by atoms with Crippen LogP contribution in [0.2, 0.25) is 0 Å². The lowest BCUT2D eigenvalue weighted by Gasteiger charge is -2.59. The number of aliphatic hydroxyl groups is 8. The molecule has 1 spiro atoms. The fourth-order valence-electron chi connectivity index (χ4n) is 12.5. The third-order valence-electron chi connectivity index (χ3n) is 15.6. The highest BCUT2D eigenvalue weighted by molar-refractivity contribution is 5.26. The molecule has 0 amide bonds. The minimum absolute atomic E-state index is 0.00644. The Hall–Kier alpha value is -0.820. The number of aliphatic hydroxyl groups excluding tert-OH is 8. The van der Waals surface area contributed by atoms with Gasteiger partial charge in [-0.3, -0.25) is 0 Å². The number of allylic oxidation sites excluding steroid dienone is 1. The summed E-state index contributed by atoms with van der Waals surface area (Å²) in [5.41, 5.74) is 1.32. The van der Waals surface area contributed by atoms with Gasteiger partial charge in [-0.2, -0.15) is 0 Å². The van der Waals surface area contributed by atoms with Crippen LogP contribution in [0.25, 0.3) is 0 Å². The molecule has 0 aromatic carbocycles. The Kier molecular flexibility index (Phi) is 10.7. The van der Waals surface area contributed by atoms with Crippen molar-refractivity contribution < 1.29 is 69.3 Å². The molecule has 0 aromatic heterocycles. The van der Waals surface area contributed by atoms with Crippen molar-refractivity contribution in [2.24, 2.45) is 46.3 Å². The summed E-state index contributed by atoms with van der Waals surface area (Å²) in [5.74, 6) is 0.978. The summed E-state index contributed by atoms with van der Waals surface area (Å²) in [4.78, 5) is 0. The summed E-state index contributed by atoms with van der Waals surface area (Å²) in [6, 6.07) is 0. The third-order valence-corrected chi connectivity index (χ3v) is 15.6. The SMILES string of the molecule is C[C@@H]1CC[C@@]2(OC1)O[C@H]1C[C@H]3[C@@H]4CC=C5C[C@@H](O[C@@H]6O[C@H](CO)[C@@H](O)[C@H](O)[C@H]6O)CC[C@]5(C)[C@H]4CC[C@]3(C)[C@H]1[C@@H]2CO[C@@H]1O[C@H](CO)[C@H](O)[C@H](O)[C@H]1O. The van der Waals surface area contributed by atoms with E-state index in [2.05, 4.69) is 26.8 Å². The number of fused-ring (bicyclic) bond motifs is 7. The zero-order valence-electron chi connectivity index (χ0n) is 31.2. The van der Waals surface area contributed by atoms with Crippen molar-refractivity contribution in [1.82, 2.24) is 0 Å². The highest BCUT2D eigenvalue weighted by atomic mass is 16.7. The van der Waals surface area contributed by atoms with Gasteiger partial charge in [0.2, 0.25) is 0 Å². The van der Waals surface area contributed by atoms with E-state index in [-0.39, 0.29) is 41.5 Å². The maximum absolute atomic E-state index is 10.8. The lowest BCUT2D eigenvalue weighted by Crippen LogP contribution is -2.60. The zero-order chi connectivity index (χ0) is 37.6. The monoisotopic (exact) mass is 754 g/mol. The normalized spacial score (nSPS) is 56.6. The van der Waals surface area contributed by atoms with Gasteiger partial charge >= 0.3 is 0 Å². The first-order chi connectivity index (χ1) is 25.2. The summed E-state index contributed by atoms with van der Waals surface area (Å²) >= 11 is 0. The van der Waals surface area contributed by atoms with Crippen molar-refractivity contribution in [3.63, 3.8) is 0 Å². The Labute approximate surface area is 311 Å². The molecule has 4 aliphatic heterocycles. The van der Waals surface area contributed by atoms with E-state index in [0.717, 1.165) is 51.4 Å². The molecule has 4 aliphatic carbocycles. The Bertz CT molecular complexity index is 1340. The summed E-state index contributed by atoms with van der Waals surface area (Å²) in [6.45, 7) is 6.78. The topological polar surface area (TPSA) is 217 Å². The van der Waals surface area contributed by atoms with Gasteiger partial charge in [0.05, 0.1) is 38.6 Å². The number of hydrogen-bond donors (Lipinski definition) is 8. The second-order valence-corrected chi connectivity index (χ2v) is 18.3. The van der Waals surface area contributed by atoms with Crippen molar-refractivity contribution in [1.29, 1.82) is 0 Å². The minimum Gasteiger partial charge on any atom is -0.394 e. The molecular formula is C39H62O14. The van der Waals surface area contributed by atoms with Crippen molar-refractivity contribution in [3.05, 3.63) is 11.6 Å². The number of hydrogen-bond acceptors (Lipinski definition) is 14. The van der Waals surface area contributed by atoms with Gasteiger partial charge in [-0.05, 0) is 85.9 Å². The predicted octanol–water partition coefficient (Wildman–Crippen LogP) is 0.335. The van der Waals surface area contributed by atoms with Crippen molar-refractivity contribution in [3.8, 4) is 0 Å². The lowest BCUT2D eigenvalue weighted by molar-refractivity contribution is -0.318. The van der Waals surface area contributed by atoms with Gasteiger partial charge in [-0.1, -0.05) is 32.4 Å². The van der Waals surface area contributed by atoms with Gasteiger partial charge in [0, 0.05) is 18.3 Å². The molecule has 4 saturated heterocycles. The van der Waals surface area contributed by atoms with E-state index in [1.807, 2.05) is 0 Å². The molecule has 4 heterocycles. The highest BCUT2D eigenvalue weighted by Gasteiger charge is 2.70. The van der Waals surface area contributed by atoms with E-state index < -0.39 is 80.4 Å². The zero-order valence-corrected chi connectivity index (χ0v) is 31.2. The molecule has 14 heteroatoms. The van der Waals surface area contributed by atoms with Gasteiger partial charge in [-0.15, -0.1) is 0 Å². The van der Waals surface area contributed by atoms with Crippen LogP contribution in [0, 0.1) is 46.3 Å². The second kappa shape index (κ2) is 14.5. The first kappa shape index (κ1) is 39.0. The van der Waals surface area contributed by atoms with Crippen LogP contribution in [0.5, 0.6) is 0 Å². The Morgan fingerprint density at radius 3 is 2.13 bits per heavy atom. The number of ether oxygens (including phenoxy) is 6. The largest absolute Gasteiger partial charge is 0.394 e. The quantitative estimate of drug-likeness (QED) is 0.165. The Morgan fingerprint density at radius 1 is 0.792 bits per heavy atom. The van der Waals surface area contributed by atoms with Crippen LogP contribution in [0.3, 0.4) is 0 Å². The summed E-state index contributed by atoms with van der Waals surface area (Å²) in [5, 5.41) is 82.1. The smallest absolute Gasteiger partial charge is 0.186 e. The number of rotatable bonds is 7. The molecule has 8 N–H and O–H groups in total. The lowest BCUT2D eigenvalue weighted by atomic mass is 9.47. The fourth-order valence-corrected chi connectivity index (χ4v) is 12.5. The summed E-state index contributed by atoms with van der Waals surface area (Å²) < 4.78 is 37.7. The first-order valence-electron chi connectivity index (χ1n) is 20.1. The maximum atomic E-state index is 10.8. The van der Waals surface area contributed by atoms with E-state index in [1.54, 1.807) is 0 Å². The molecule has 3 saturated carbocycles. The van der Waals surface area contributed by atoms with Crippen LogP contribution < -0.4 is 0 Å². The van der Waals surface area contributed by atoms with E-state index >= 15 is 0 Å². The molecule has 0 bridgehead atoms. The predicted molar refractivity (Wildman–Crippen MR) is 184 cm³/mol. The molecule has 53 heavy (non-hydrogen) atoms. The molecular weight excluding hydrogens is 692 g/mol. The maximum Gasteiger partial charge on any atom is 0.186 e. The molecule has 8 rings (SSSR count). The minimum atomic E-state index is -1.51. The molecule has 0 aromatic rings. The first-order valence-corrected chi connectivity index (χ1v) is 20.1. The summed E-state index contributed by atoms with van der Waals surface area (Å²) in [6.07, 6.45) is -2.91. The molecule has 0 unspecified atom stereocenters. The second-order valence-electron chi connectivity index (χ2n) is 18.3.